The van der Waals surface area contributed by atoms with E-state index in [1.54, 1.807) is 48.5 Å². The van der Waals surface area contributed by atoms with Crippen LogP contribution in [0.2, 0.25) is 0 Å². The van der Waals surface area contributed by atoms with Gasteiger partial charge in [0.05, 0.1) is 6.21 Å². The van der Waals surface area contributed by atoms with Crippen LogP contribution in [0.4, 0.5) is 5.69 Å². The predicted octanol–water partition coefficient (Wildman–Crippen LogP) is 3.17. The second-order valence-electron chi connectivity index (χ2n) is 4.51. The third-order valence-corrected chi connectivity index (χ3v) is 3.25. The normalized spacial score (nSPS) is 10.5. The molecule has 0 spiro atoms. The fourth-order valence-corrected chi connectivity index (χ4v) is 1.95. The number of carbonyl (C=O) groups is 2. The van der Waals surface area contributed by atoms with E-state index in [-0.39, 0.29) is 11.8 Å². The average molecular weight is 360 g/mol. The molecule has 0 aliphatic rings. The first-order valence-electron chi connectivity index (χ1n) is 6.51. The number of amides is 2. The van der Waals surface area contributed by atoms with Crippen molar-refractivity contribution in [2.45, 2.75) is 6.92 Å². The molecular formula is C16H14BrN3O2. The second kappa shape index (κ2) is 7.51. The van der Waals surface area contributed by atoms with Crippen molar-refractivity contribution in [1.29, 1.82) is 0 Å². The molecule has 2 amide bonds. The van der Waals surface area contributed by atoms with Crippen LogP contribution in [-0.2, 0) is 4.79 Å². The Morgan fingerprint density at radius 1 is 1.05 bits per heavy atom. The van der Waals surface area contributed by atoms with Crippen molar-refractivity contribution in [2.75, 3.05) is 5.32 Å². The zero-order valence-corrected chi connectivity index (χ0v) is 13.4. The summed E-state index contributed by atoms with van der Waals surface area (Å²) in [6, 6.07) is 14.1. The van der Waals surface area contributed by atoms with Gasteiger partial charge in [-0.1, -0.05) is 28.1 Å². The first-order valence-corrected chi connectivity index (χ1v) is 7.30. The van der Waals surface area contributed by atoms with Crippen LogP contribution < -0.4 is 10.7 Å². The number of nitrogens with one attached hydrogen (secondary N) is 2. The van der Waals surface area contributed by atoms with Crippen LogP contribution in [0.25, 0.3) is 0 Å². The molecule has 22 heavy (non-hydrogen) atoms. The van der Waals surface area contributed by atoms with Gasteiger partial charge < -0.3 is 5.32 Å². The summed E-state index contributed by atoms with van der Waals surface area (Å²) in [4.78, 5) is 22.7. The number of halogens is 1. The molecule has 112 valence electrons. The van der Waals surface area contributed by atoms with Gasteiger partial charge in [-0.25, -0.2) is 5.43 Å². The van der Waals surface area contributed by atoms with Gasteiger partial charge in [0.15, 0.2) is 0 Å². The molecule has 0 atom stereocenters. The highest BCUT2D eigenvalue weighted by Crippen LogP contribution is 2.10. The second-order valence-corrected chi connectivity index (χ2v) is 5.42. The van der Waals surface area contributed by atoms with Gasteiger partial charge in [0.2, 0.25) is 5.91 Å². The predicted molar refractivity (Wildman–Crippen MR) is 89.9 cm³/mol. The van der Waals surface area contributed by atoms with Crippen molar-refractivity contribution >= 4 is 39.6 Å². The lowest BCUT2D eigenvalue weighted by molar-refractivity contribution is -0.114. The van der Waals surface area contributed by atoms with Crippen LogP contribution >= 0.6 is 15.9 Å². The number of carbonyl (C=O) groups excluding carboxylic acids is 2. The monoisotopic (exact) mass is 359 g/mol. The minimum Gasteiger partial charge on any atom is -0.326 e. The third kappa shape index (κ3) is 4.82. The van der Waals surface area contributed by atoms with Crippen LogP contribution in [0.3, 0.4) is 0 Å². The number of benzene rings is 2. The van der Waals surface area contributed by atoms with Gasteiger partial charge in [0, 0.05) is 22.6 Å². The summed E-state index contributed by atoms with van der Waals surface area (Å²) in [7, 11) is 0. The Balaban J connectivity index is 1.93. The summed E-state index contributed by atoms with van der Waals surface area (Å²) in [5.41, 5.74) is 4.51. The minimum absolute atomic E-state index is 0.122. The lowest BCUT2D eigenvalue weighted by Crippen LogP contribution is -2.17. The van der Waals surface area contributed by atoms with E-state index in [1.165, 1.54) is 13.1 Å². The zero-order valence-electron chi connectivity index (χ0n) is 11.8. The number of rotatable bonds is 4. The van der Waals surface area contributed by atoms with Gasteiger partial charge >= 0.3 is 0 Å². The van der Waals surface area contributed by atoms with E-state index in [9.17, 15) is 9.59 Å². The summed E-state index contributed by atoms with van der Waals surface area (Å²) in [5, 5.41) is 6.58. The standard InChI is InChI=1S/C16H14BrN3O2/c1-11(21)19-15-8-2-12(3-9-15)10-18-20-16(22)13-4-6-14(17)7-5-13/h2-10H,1H3,(H,19,21)(H,20,22). The maximum absolute atomic E-state index is 11.8. The Bertz CT molecular complexity index is 694. The Morgan fingerprint density at radius 2 is 1.68 bits per heavy atom. The third-order valence-electron chi connectivity index (χ3n) is 2.72. The molecule has 0 saturated carbocycles. The lowest BCUT2D eigenvalue weighted by atomic mass is 10.2. The molecule has 0 radical (unpaired) electrons. The summed E-state index contributed by atoms with van der Waals surface area (Å²) in [5.74, 6) is -0.401. The highest BCUT2D eigenvalue weighted by Gasteiger charge is 2.02. The van der Waals surface area contributed by atoms with Crippen molar-refractivity contribution in [3.05, 3.63) is 64.1 Å². The van der Waals surface area contributed by atoms with Crippen LogP contribution in [0.5, 0.6) is 0 Å². The van der Waals surface area contributed by atoms with E-state index in [2.05, 4.69) is 31.8 Å². The van der Waals surface area contributed by atoms with Crippen molar-refractivity contribution in [1.82, 2.24) is 5.43 Å². The molecule has 0 heterocycles. The summed E-state index contributed by atoms with van der Waals surface area (Å²) in [6.07, 6.45) is 1.54. The van der Waals surface area contributed by atoms with Gasteiger partial charge in [-0.05, 0) is 42.0 Å². The Hall–Kier alpha value is -2.47. The van der Waals surface area contributed by atoms with Gasteiger partial charge in [-0.2, -0.15) is 5.10 Å². The molecule has 0 aliphatic carbocycles. The molecule has 2 aromatic carbocycles. The highest BCUT2D eigenvalue weighted by molar-refractivity contribution is 9.10. The minimum atomic E-state index is -0.279. The zero-order chi connectivity index (χ0) is 15.9. The van der Waals surface area contributed by atoms with Crippen LogP contribution in [-0.4, -0.2) is 18.0 Å². The van der Waals surface area contributed by atoms with Gasteiger partial charge in [0.25, 0.3) is 5.91 Å². The summed E-state index contributed by atoms with van der Waals surface area (Å²) >= 11 is 3.31. The fourth-order valence-electron chi connectivity index (χ4n) is 1.69. The molecule has 2 rings (SSSR count). The van der Waals surface area contributed by atoms with Crippen molar-refractivity contribution in [3.63, 3.8) is 0 Å². The first kappa shape index (κ1) is 15.9. The van der Waals surface area contributed by atoms with Crippen LogP contribution in [0.15, 0.2) is 58.1 Å². The number of nitrogens with zero attached hydrogens (tertiary/aromatic N) is 1. The molecule has 0 fully saturated rings. The molecule has 0 saturated heterocycles. The molecule has 2 N–H and O–H groups in total. The fraction of sp³-hybridized carbons (Fsp3) is 0.0625. The van der Waals surface area contributed by atoms with E-state index in [0.717, 1.165) is 10.0 Å². The molecule has 5 nitrogen and oxygen atoms in total. The Labute approximate surface area is 136 Å². The van der Waals surface area contributed by atoms with Crippen molar-refractivity contribution < 1.29 is 9.59 Å². The maximum atomic E-state index is 11.8. The van der Waals surface area contributed by atoms with E-state index in [1.807, 2.05) is 0 Å². The largest absolute Gasteiger partial charge is 0.326 e. The van der Waals surface area contributed by atoms with Crippen LogP contribution in [0, 0.1) is 0 Å². The van der Waals surface area contributed by atoms with E-state index in [4.69, 9.17) is 0 Å². The number of anilines is 1. The molecule has 0 bridgehead atoms. The maximum Gasteiger partial charge on any atom is 0.271 e. The van der Waals surface area contributed by atoms with E-state index >= 15 is 0 Å². The molecular weight excluding hydrogens is 346 g/mol. The molecule has 0 unspecified atom stereocenters. The summed E-state index contributed by atoms with van der Waals surface area (Å²) in [6.45, 7) is 1.45. The number of hydrazone groups is 1. The van der Waals surface area contributed by atoms with E-state index < -0.39 is 0 Å². The van der Waals surface area contributed by atoms with Crippen LogP contribution in [0.1, 0.15) is 22.8 Å². The molecule has 2 aromatic rings. The molecule has 0 aliphatic heterocycles. The Kier molecular flexibility index (Phi) is 5.43. The average Bonchev–Trinajstić information content (AvgIpc) is 2.49. The smallest absolute Gasteiger partial charge is 0.271 e. The quantitative estimate of drug-likeness (QED) is 0.650. The van der Waals surface area contributed by atoms with Crippen molar-refractivity contribution in [3.8, 4) is 0 Å². The van der Waals surface area contributed by atoms with Crippen molar-refractivity contribution in [2.24, 2.45) is 5.10 Å². The van der Waals surface area contributed by atoms with Gasteiger partial charge in [-0.3, -0.25) is 9.59 Å². The molecule has 0 aromatic heterocycles. The summed E-state index contributed by atoms with van der Waals surface area (Å²) < 4.78 is 0.909. The SMILES string of the molecule is CC(=O)Nc1ccc(C=NNC(=O)c2ccc(Br)cc2)cc1. The van der Waals surface area contributed by atoms with Gasteiger partial charge in [0.1, 0.15) is 0 Å². The van der Waals surface area contributed by atoms with E-state index in [0.29, 0.717) is 11.3 Å². The molecule has 6 heteroatoms. The topological polar surface area (TPSA) is 70.6 Å². The Morgan fingerprint density at radius 3 is 2.27 bits per heavy atom. The van der Waals surface area contributed by atoms with Gasteiger partial charge in [-0.15, -0.1) is 0 Å². The highest BCUT2D eigenvalue weighted by atomic mass is 79.9. The lowest BCUT2D eigenvalue weighted by Gasteiger charge is -2.02. The number of hydrogen-bond donors (Lipinski definition) is 2. The number of hydrogen-bond acceptors (Lipinski definition) is 3. The first-order chi connectivity index (χ1) is 10.5.